The van der Waals surface area contributed by atoms with E-state index < -0.39 is 0 Å². The molecule has 0 saturated heterocycles. The molecule has 2 heterocycles. The summed E-state index contributed by atoms with van der Waals surface area (Å²) in [5.74, 6) is 0. The maximum atomic E-state index is 3.29. The fourth-order valence-corrected chi connectivity index (χ4v) is 1.70. The average molecular weight is 319 g/mol. The summed E-state index contributed by atoms with van der Waals surface area (Å²) in [6.07, 6.45) is 10.7. The van der Waals surface area contributed by atoms with Crippen LogP contribution in [0, 0.1) is 0 Å². The first-order valence-electron chi connectivity index (χ1n) is 6.11. The van der Waals surface area contributed by atoms with Crippen molar-refractivity contribution in [3.8, 4) is 0 Å². The number of aromatic amines is 2. The SMILES string of the molecule is CCCc1cc[nH]c1CCC.[Ru].c1cc[nH]c1. The fraction of sp³-hybridized carbons (Fsp3) is 0.429. The second kappa shape index (κ2) is 10.3. The Hall–Kier alpha value is -0.817. The van der Waals surface area contributed by atoms with E-state index in [4.69, 9.17) is 0 Å². The zero-order valence-corrected chi connectivity index (χ0v) is 12.4. The van der Waals surface area contributed by atoms with Crippen LogP contribution in [-0.2, 0) is 32.3 Å². The van der Waals surface area contributed by atoms with Gasteiger partial charge in [0, 0.05) is 43.8 Å². The number of hydrogen-bond donors (Lipinski definition) is 2. The summed E-state index contributed by atoms with van der Waals surface area (Å²) in [5, 5.41) is 0. The molecule has 2 aromatic rings. The standard InChI is InChI=1S/C10H17N.C4H5N.Ru/c1-3-5-9-7-8-11-10(9)6-4-2;1-2-4-5-3-1;/h7-8,11H,3-6H2,1-2H3;1-5H;. The molecule has 0 aliphatic carbocycles. The number of aryl methyl sites for hydroxylation is 2. The summed E-state index contributed by atoms with van der Waals surface area (Å²) in [6.45, 7) is 4.44. The van der Waals surface area contributed by atoms with Crippen molar-refractivity contribution in [3.63, 3.8) is 0 Å². The minimum absolute atomic E-state index is 0. The minimum atomic E-state index is 0. The molecular formula is C14H22N2Ru. The normalized spacial score (nSPS) is 9.06. The van der Waals surface area contributed by atoms with Crippen molar-refractivity contribution in [2.75, 3.05) is 0 Å². The van der Waals surface area contributed by atoms with Crippen LogP contribution in [0.3, 0.4) is 0 Å². The number of nitrogens with one attached hydrogen (secondary N) is 2. The van der Waals surface area contributed by atoms with Crippen LogP contribution in [0.4, 0.5) is 0 Å². The van der Waals surface area contributed by atoms with Gasteiger partial charge in [-0.25, -0.2) is 0 Å². The first kappa shape index (κ1) is 16.2. The van der Waals surface area contributed by atoms with Crippen molar-refractivity contribution in [2.24, 2.45) is 0 Å². The number of rotatable bonds is 4. The molecular weight excluding hydrogens is 297 g/mol. The Morgan fingerprint density at radius 2 is 1.59 bits per heavy atom. The van der Waals surface area contributed by atoms with Crippen LogP contribution < -0.4 is 0 Å². The van der Waals surface area contributed by atoms with E-state index in [0.29, 0.717) is 0 Å². The molecule has 2 nitrogen and oxygen atoms in total. The average Bonchev–Trinajstić information content (AvgIpc) is 2.93. The second-order valence-corrected chi connectivity index (χ2v) is 3.87. The molecule has 3 heteroatoms. The van der Waals surface area contributed by atoms with Crippen molar-refractivity contribution >= 4 is 0 Å². The van der Waals surface area contributed by atoms with Gasteiger partial charge in [0.05, 0.1) is 0 Å². The summed E-state index contributed by atoms with van der Waals surface area (Å²) < 4.78 is 0. The molecule has 0 aliphatic rings. The number of aromatic nitrogens is 2. The Labute approximate surface area is 117 Å². The quantitative estimate of drug-likeness (QED) is 0.800. The molecule has 0 spiro atoms. The third kappa shape index (κ3) is 6.48. The Kier molecular flexibility index (Phi) is 9.85. The van der Waals surface area contributed by atoms with Gasteiger partial charge in [0.2, 0.25) is 0 Å². The Morgan fingerprint density at radius 3 is 2.06 bits per heavy atom. The van der Waals surface area contributed by atoms with Gasteiger partial charge in [-0.2, -0.15) is 0 Å². The summed E-state index contributed by atoms with van der Waals surface area (Å²) in [6, 6.07) is 6.09. The van der Waals surface area contributed by atoms with Crippen LogP contribution >= 0.6 is 0 Å². The first-order chi connectivity index (χ1) is 7.88. The predicted molar refractivity (Wildman–Crippen MR) is 69.6 cm³/mol. The van der Waals surface area contributed by atoms with Gasteiger partial charge in [-0.15, -0.1) is 0 Å². The Morgan fingerprint density at radius 1 is 0.941 bits per heavy atom. The maximum absolute atomic E-state index is 3.29. The first-order valence-corrected chi connectivity index (χ1v) is 6.11. The van der Waals surface area contributed by atoms with Crippen molar-refractivity contribution < 1.29 is 19.5 Å². The summed E-state index contributed by atoms with van der Waals surface area (Å²) in [7, 11) is 0. The molecule has 2 N–H and O–H groups in total. The fourth-order valence-electron chi connectivity index (χ4n) is 1.70. The summed E-state index contributed by atoms with van der Waals surface area (Å²) >= 11 is 0. The maximum Gasteiger partial charge on any atom is 0.0179 e. The monoisotopic (exact) mass is 320 g/mol. The topological polar surface area (TPSA) is 31.6 Å². The van der Waals surface area contributed by atoms with Crippen molar-refractivity contribution in [1.29, 1.82) is 0 Å². The van der Waals surface area contributed by atoms with E-state index in [1.165, 1.54) is 36.9 Å². The van der Waals surface area contributed by atoms with Gasteiger partial charge >= 0.3 is 0 Å². The van der Waals surface area contributed by atoms with E-state index in [0.717, 1.165) is 0 Å². The van der Waals surface area contributed by atoms with Crippen LogP contribution in [0.15, 0.2) is 36.8 Å². The molecule has 0 unspecified atom stereocenters. The van der Waals surface area contributed by atoms with Gasteiger partial charge in [-0.3, -0.25) is 0 Å². The predicted octanol–water partition coefficient (Wildman–Crippen LogP) is 3.93. The molecule has 96 valence electrons. The molecule has 0 bridgehead atoms. The van der Waals surface area contributed by atoms with E-state index >= 15 is 0 Å². The van der Waals surface area contributed by atoms with E-state index in [1.54, 1.807) is 0 Å². The van der Waals surface area contributed by atoms with Crippen LogP contribution in [0.25, 0.3) is 0 Å². The molecule has 0 aliphatic heterocycles. The molecule has 0 fully saturated rings. The Bertz CT molecular complexity index is 314. The minimum Gasteiger partial charge on any atom is -0.368 e. The van der Waals surface area contributed by atoms with Gasteiger partial charge < -0.3 is 9.97 Å². The van der Waals surface area contributed by atoms with Crippen LogP contribution in [-0.4, -0.2) is 9.97 Å². The van der Waals surface area contributed by atoms with Crippen molar-refractivity contribution in [2.45, 2.75) is 39.5 Å². The molecule has 0 radical (unpaired) electrons. The molecule has 0 aromatic carbocycles. The zero-order valence-electron chi connectivity index (χ0n) is 10.6. The van der Waals surface area contributed by atoms with Crippen molar-refractivity contribution in [3.05, 3.63) is 48.0 Å². The van der Waals surface area contributed by atoms with Crippen LogP contribution in [0.5, 0.6) is 0 Å². The second-order valence-electron chi connectivity index (χ2n) is 3.87. The Balaban J connectivity index is 0.000000360. The van der Waals surface area contributed by atoms with Crippen LogP contribution in [0.1, 0.15) is 37.9 Å². The molecule has 2 aromatic heterocycles. The van der Waals surface area contributed by atoms with Gasteiger partial charge in [0.1, 0.15) is 0 Å². The molecule has 0 atom stereocenters. The molecule has 17 heavy (non-hydrogen) atoms. The third-order valence-electron chi connectivity index (χ3n) is 2.45. The number of hydrogen-bond acceptors (Lipinski definition) is 0. The van der Waals surface area contributed by atoms with E-state index in [9.17, 15) is 0 Å². The summed E-state index contributed by atoms with van der Waals surface area (Å²) in [4.78, 5) is 6.15. The molecule has 2 rings (SSSR count). The van der Waals surface area contributed by atoms with Gasteiger partial charge in [-0.1, -0.05) is 26.7 Å². The molecule has 0 amide bonds. The zero-order chi connectivity index (χ0) is 11.6. The van der Waals surface area contributed by atoms with E-state index in [-0.39, 0.29) is 19.5 Å². The summed E-state index contributed by atoms with van der Waals surface area (Å²) in [5.41, 5.74) is 2.95. The van der Waals surface area contributed by atoms with Crippen LogP contribution in [0.2, 0.25) is 0 Å². The van der Waals surface area contributed by atoms with Gasteiger partial charge in [0.25, 0.3) is 0 Å². The largest absolute Gasteiger partial charge is 0.368 e. The van der Waals surface area contributed by atoms with E-state index in [1.807, 2.05) is 24.5 Å². The number of H-pyrrole nitrogens is 2. The van der Waals surface area contributed by atoms with E-state index in [2.05, 4.69) is 36.1 Å². The molecule has 0 saturated carbocycles. The third-order valence-corrected chi connectivity index (χ3v) is 2.45. The van der Waals surface area contributed by atoms with Crippen molar-refractivity contribution in [1.82, 2.24) is 9.97 Å². The van der Waals surface area contributed by atoms with Gasteiger partial charge in [-0.05, 0) is 36.6 Å². The van der Waals surface area contributed by atoms with Gasteiger partial charge in [0.15, 0.2) is 0 Å². The smallest absolute Gasteiger partial charge is 0.0179 e.